The van der Waals surface area contributed by atoms with Gasteiger partial charge in [-0.15, -0.1) is 0 Å². The molecule has 1 fully saturated rings. The molecule has 1 aliphatic carbocycles. The highest BCUT2D eigenvalue weighted by molar-refractivity contribution is 5.07. The van der Waals surface area contributed by atoms with Gasteiger partial charge in [-0.2, -0.15) is 26.3 Å². The van der Waals surface area contributed by atoms with Crippen molar-refractivity contribution in [2.45, 2.75) is 70.6 Å². The summed E-state index contributed by atoms with van der Waals surface area (Å²) in [6.07, 6.45) is -14.6. The summed E-state index contributed by atoms with van der Waals surface area (Å²) in [7, 11) is 0. The third-order valence-corrected chi connectivity index (χ3v) is 4.45. The van der Waals surface area contributed by atoms with Gasteiger partial charge >= 0.3 is 12.4 Å². The molecule has 0 aromatic rings. The zero-order valence-electron chi connectivity index (χ0n) is 12.2. The molecule has 0 aromatic heterocycles. The Bertz CT molecular complexity index is 323. The van der Waals surface area contributed by atoms with Crippen molar-refractivity contribution in [1.82, 2.24) is 5.32 Å². The Morgan fingerprint density at radius 2 is 1.52 bits per heavy atom. The molecule has 1 rings (SSSR count). The Hall–Kier alpha value is -0.500. The summed E-state index contributed by atoms with van der Waals surface area (Å²) in [6, 6.07) is -0.107. The molecule has 0 spiro atoms. The van der Waals surface area contributed by atoms with Crippen LogP contribution < -0.4 is 5.32 Å². The third kappa shape index (κ3) is 3.64. The summed E-state index contributed by atoms with van der Waals surface area (Å²) in [5.41, 5.74) is -0.676. The SMILES string of the molecule is CCNC1CC(OC(C(F)(F)F)C(F)(F)F)C1(CC)CC. The zero-order valence-corrected chi connectivity index (χ0v) is 12.2. The molecule has 2 atom stereocenters. The lowest BCUT2D eigenvalue weighted by Gasteiger charge is -2.56. The van der Waals surface area contributed by atoms with Crippen LogP contribution in [-0.2, 0) is 4.74 Å². The number of ether oxygens (including phenoxy) is 1. The predicted octanol–water partition coefficient (Wildman–Crippen LogP) is 4.05. The second-order valence-corrected chi connectivity index (χ2v) is 5.37. The molecule has 21 heavy (non-hydrogen) atoms. The van der Waals surface area contributed by atoms with Gasteiger partial charge in [-0.3, -0.25) is 0 Å². The average Bonchev–Trinajstić information content (AvgIpc) is 2.31. The maximum atomic E-state index is 12.6. The van der Waals surface area contributed by atoms with Crippen molar-refractivity contribution in [3.05, 3.63) is 0 Å². The summed E-state index contributed by atoms with van der Waals surface area (Å²) in [5.74, 6) is 0. The first-order valence-electron chi connectivity index (χ1n) is 7.05. The molecule has 0 amide bonds. The van der Waals surface area contributed by atoms with Gasteiger partial charge in [0.25, 0.3) is 0 Å². The predicted molar refractivity (Wildman–Crippen MR) is 65.9 cm³/mol. The quantitative estimate of drug-likeness (QED) is 0.745. The highest BCUT2D eigenvalue weighted by Gasteiger charge is 2.62. The molecule has 0 heterocycles. The first-order chi connectivity index (χ1) is 9.52. The molecule has 0 aliphatic heterocycles. The topological polar surface area (TPSA) is 21.3 Å². The third-order valence-electron chi connectivity index (χ3n) is 4.45. The normalized spacial score (nSPS) is 26.0. The van der Waals surface area contributed by atoms with Crippen LogP contribution in [0, 0.1) is 5.41 Å². The molecule has 0 aromatic carbocycles. The summed E-state index contributed by atoms with van der Waals surface area (Å²) >= 11 is 0. The fourth-order valence-electron chi connectivity index (χ4n) is 3.17. The Morgan fingerprint density at radius 3 is 1.86 bits per heavy atom. The van der Waals surface area contributed by atoms with Crippen LogP contribution in [0.3, 0.4) is 0 Å². The van der Waals surface area contributed by atoms with Gasteiger partial charge in [-0.1, -0.05) is 20.8 Å². The Balaban J connectivity index is 2.90. The molecule has 1 N–H and O–H groups in total. The van der Waals surface area contributed by atoms with E-state index in [1.165, 1.54) is 0 Å². The van der Waals surface area contributed by atoms with Gasteiger partial charge < -0.3 is 10.1 Å². The van der Waals surface area contributed by atoms with Gasteiger partial charge in [0.1, 0.15) is 0 Å². The maximum absolute atomic E-state index is 12.6. The van der Waals surface area contributed by atoms with Crippen LogP contribution in [0.15, 0.2) is 0 Å². The fourth-order valence-corrected chi connectivity index (χ4v) is 3.17. The van der Waals surface area contributed by atoms with Crippen molar-refractivity contribution in [2.24, 2.45) is 5.41 Å². The molecule has 2 nitrogen and oxygen atoms in total. The van der Waals surface area contributed by atoms with Crippen LogP contribution in [-0.4, -0.2) is 37.1 Å². The molecular weight excluding hydrogens is 300 g/mol. The number of nitrogens with one attached hydrogen (secondary N) is 1. The van der Waals surface area contributed by atoms with Crippen molar-refractivity contribution in [1.29, 1.82) is 0 Å². The van der Waals surface area contributed by atoms with E-state index in [1.54, 1.807) is 13.8 Å². The highest BCUT2D eigenvalue weighted by Crippen LogP contribution is 2.51. The molecule has 0 bridgehead atoms. The second kappa shape index (κ2) is 6.32. The van der Waals surface area contributed by atoms with Gasteiger partial charge in [0.05, 0.1) is 6.10 Å². The number of hydrogen-bond donors (Lipinski definition) is 1. The molecule has 8 heteroatoms. The van der Waals surface area contributed by atoms with E-state index in [9.17, 15) is 26.3 Å². The summed E-state index contributed by atoms with van der Waals surface area (Å²) in [4.78, 5) is 0. The van der Waals surface area contributed by atoms with Gasteiger partial charge in [0.2, 0.25) is 6.10 Å². The van der Waals surface area contributed by atoms with Crippen molar-refractivity contribution < 1.29 is 31.1 Å². The minimum Gasteiger partial charge on any atom is -0.357 e. The first-order valence-corrected chi connectivity index (χ1v) is 7.05. The summed E-state index contributed by atoms with van der Waals surface area (Å²) in [5, 5.41) is 3.11. The lowest BCUT2D eigenvalue weighted by Crippen LogP contribution is -2.65. The van der Waals surface area contributed by atoms with Gasteiger partial charge in [0, 0.05) is 11.5 Å². The van der Waals surface area contributed by atoms with Crippen LogP contribution >= 0.6 is 0 Å². The molecule has 126 valence electrons. The van der Waals surface area contributed by atoms with Crippen molar-refractivity contribution in [3.63, 3.8) is 0 Å². The van der Waals surface area contributed by atoms with Crippen LogP contribution in [0.2, 0.25) is 0 Å². The fraction of sp³-hybridized carbons (Fsp3) is 1.00. The number of alkyl halides is 6. The smallest absolute Gasteiger partial charge is 0.357 e. The largest absolute Gasteiger partial charge is 0.423 e. The summed E-state index contributed by atoms with van der Waals surface area (Å²) < 4.78 is 80.0. The minimum atomic E-state index is -5.45. The Morgan fingerprint density at radius 1 is 1.05 bits per heavy atom. The van der Waals surface area contributed by atoms with Gasteiger partial charge in [-0.05, 0) is 25.8 Å². The lowest BCUT2D eigenvalue weighted by molar-refractivity contribution is -0.349. The van der Waals surface area contributed by atoms with Gasteiger partial charge in [0.15, 0.2) is 0 Å². The molecule has 0 saturated heterocycles. The molecule has 1 aliphatic rings. The maximum Gasteiger partial charge on any atom is 0.423 e. The van der Waals surface area contributed by atoms with E-state index >= 15 is 0 Å². The van der Waals surface area contributed by atoms with Crippen LogP contribution in [0.25, 0.3) is 0 Å². The number of rotatable bonds is 6. The monoisotopic (exact) mass is 321 g/mol. The lowest BCUT2D eigenvalue weighted by atomic mass is 9.58. The standard InChI is InChI=1S/C13H21F6NO/c1-4-11(5-2)8(20-6-3)7-9(11)21-10(12(14,15)16)13(17,18)19/h8-10,20H,4-7H2,1-3H3. The van der Waals surface area contributed by atoms with Crippen molar-refractivity contribution in [2.75, 3.05) is 6.54 Å². The molecule has 2 unspecified atom stereocenters. The zero-order chi connectivity index (χ0) is 16.5. The van der Waals surface area contributed by atoms with Crippen molar-refractivity contribution >= 4 is 0 Å². The van der Waals surface area contributed by atoms with E-state index in [2.05, 4.69) is 10.1 Å². The first kappa shape index (κ1) is 18.5. The Labute approximate surface area is 120 Å². The van der Waals surface area contributed by atoms with E-state index in [1.807, 2.05) is 6.92 Å². The molecule has 0 radical (unpaired) electrons. The van der Waals surface area contributed by atoms with Gasteiger partial charge in [-0.25, -0.2) is 0 Å². The number of halogens is 6. The summed E-state index contributed by atoms with van der Waals surface area (Å²) in [6.45, 7) is 5.98. The van der Waals surface area contributed by atoms with E-state index in [0.29, 0.717) is 19.4 Å². The van der Waals surface area contributed by atoms with E-state index in [4.69, 9.17) is 0 Å². The van der Waals surface area contributed by atoms with Crippen LogP contribution in [0.4, 0.5) is 26.3 Å². The van der Waals surface area contributed by atoms with Crippen LogP contribution in [0.1, 0.15) is 40.0 Å². The number of hydrogen-bond acceptors (Lipinski definition) is 2. The van der Waals surface area contributed by atoms with Crippen molar-refractivity contribution in [3.8, 4) is 0 Å². The Kier molecular flexibility index (Phi) is 5.58. The highest BCUT2D eigenvalue weighted by atomic mass is 19.4. The van der Waals surface area contributed by atoms with E-state index in [0.717, 1.165) is 0 Å². The molecular formula is C13H21F6NO. The average molecular weight is 321 g/mol. The molecule has 1 saturated carbocycles. The van der Waals surface area contributed by atoms with Crippen LogP contribution in [0.5, 0.6) is 0 Å². The minimum absolute atomic E-state index is 0.107. The van der Waals surface area contributed by atoms with E-state index in [-0.39, 0.29) is 12.5 Å². The van der Waals surface area contributed by atoms with E-state index < -0.39 is 30.0 Å². The second-order valence-electron chi connectivity index (χ2n) is 5.37.